The normalized spacial score (nSPS) is 26.0. The summed E-state index contributed by atoms with van der Waals surface area (Å²) in [6.07, 6.45) is 4.59. The Kier molecular flexibility index (Phi) is 4.99. The molecule has 1 fully saturated rings. The van der Waals surface area contributed by atoms with Crippen LogP contribution in [0.1, 0.15) is 70.7 Å². The van der Waals surface area contributed by atoms with Crippen LogP contribution in [0.5, 0.6) is 0 Å². The van der Waals surface area contributed by atoms with Gasteiger partial charge in [0.25, 0.3) is 5.91 Å². The average molecular weight is 301 g/mol. The lowest BCUT2D eigenvalue weighted by molar-refractivity contribution is -0.0158. The molecular formula is C20H31NO. The first kappa shape index (κ1) is 17.1. The minimum atomic E-state index is 0.0680. The van der Waals surface area contributed by atoms with Gasteiger partial charge in [-0.15, -0.1) is 0 Å². The van der Waals surface area contributed by atoms with Gasteiger partial charge in [-0.2, -0.15) is 0 Å². The van der Waals surface area contributed by atoms with E-state index in [0.29, 0.717) is 22.8 Å². The maximum atomic E-state index is 12.3. The number of hydrogen-bond donors (Lipinski definition) is 1. The summed E-state index contributed by atoms with van der Waals surface area (Å²) in [7, 11) is 0. The van der Waals surface area contributed by atoms with Crippen molar-refractivity contribution in [3.05, 3.63) is 35.9 Å². The molecule has 2 nitrogen and oxygen atoms in total. The van der Waals surface area contributed by atoms with E-state index in [9.17, 15) is 4.79 Å². The third-order valence-corrected chi connectivity index (χ3v) is 5.85. The molecule has 0 bridgehead atoms. The van der Waals surface area contributed by atoms with Crippen LogP contribution in [0, 0.1) is 16.7 Å². The summed E-state index contributed by atoms with van der Waals surface area (Å²) in [6, 6.07) is 9.86. The summed E-state index contributed by atoms with van der Waals surface area (Å²) in [5.41, 5.74) is 1.47. The lowest BCUT2D eigenvalue weighted by atomic mass is 9.54. The van der Waals surface area contributed by atoms with Crippen LogP contribution < -0.4 is 5.32 Å². The Hall–Kier alpha value is -1.31. The van der Waals surface area contributed by atoms with Gasteiger partial charge in [0.05, 0.1) is 0 Å². The highest BCUT2D eigenvalue weighted by Crippen LogP contribution is 2.54. The van der Waals surface area contributed by atoms with Crippen molar-refractivity contribution in [3.63, 3.8) is 0 Å². The van der Waals surface area contributed by atoms with Gasteiger partial charge in [0.1, 0.15) is 0 Å². The number of benzene rings is 1. The first-order chi connectivity index (χ1) is 10.3. The summed E-state index contributed by atoms with van der Waals surface area (Å²) in [6.45, 7) is 11.8. The third-order valence-electron chi connectivity index (χ3n) is 5.85. The van der Waals surface area contributed by atoms with Crippen LogP contribution in [0.4, 0.5) is 0 Å². The molecule has 0 spiro atoms. The molecular weight excluding hydrogens is 270 g/mol. The molecule has 122 valence electrons. The number of carbonyl (C=O) groups is 1. The van der Waals surface area contributed by atoms with Crippen molar-refractivity contribution in [1.82, 2.24) is 5.32 Å². The second kappa shape index (κ2) is 6.44. The fraction of sp³-hybridized carbons (Fsp3) is 0.650. The predicted octanol–water partition coefficient (Wildman–Crippen LogP) is 5.05. The van der Waals surface area contributed by atoms with Crippen molar-refractivity contribution >= 4 is 5.91 Å². The van der Waals surface area contributed by atoms with Crippen LogP contribution in [0.15, 0.2) is 30.3 Å². The second-order valence-corrected chi connectivity index (χ2v) is 8.17. The number of carbonyl (C=O) groups excluding carboxylic acids is 1. The van der Waals surface area contributed by atoms with Gasteiger partial charge in [-0.3, -0.25) is 4.79 Å². The Morgan fingerprint density at radius 2 is 1.68 bits per heavy atom. The number of rotatable bonds is 3. The topological polar surface area (TPSA) is 29.1 Å². The van der Waals surface area contributed by atoms with E-state index in [2.05, 4.69) is 39.9 Å². The molecule has 0 aliphatic heterocycles. The average Bonchev–Trinajstić information content (AvgIpc) is 2.47. The summed E-state index contributed by atoms with van der Waals surface area (Å²) in [5.74, 6) is 0.747. The highest BCUT2D eigenvalue weighted by Gasteiger charge is 2.46. The molecule has 0 saturated heterocycles. The van der Waals surface area contributed by atoms with Gasteiger partial charge in [-0.25, -0.2) is 0 Å². The minimum Gasteiger partial charge on any atom is -0.349 e. The Balaban J connectivity index is 1.99. The molecule has 1 aliphatic carbocycles. The maximum absolute atomic E-state index is 12.3. The smallest absolute Gasteiger partial charge is 0.251 e. The van der Waals surface area contributed by atoms with E-state index in [1.54, 1.807) is 0 Å². The van der Waals surface area contributed by atoms with Crippen molar-refractivity contribution in [3.8, 4) is 0 Å². The largest absolute Gasteiger partial charge is 0.349 e. The molecule has 0 atom stereocenters. The van der Waals surface area contributed by atoms with E-state index < -0.39 is 0 Å². The summed E-state index contributed by atoms with van der Waals surface area (Å²) in [4.78, 5) is 12.3. The molecule has 1 aromatic rings. The van der Waals surface area contributed by atoms with Crippen LogP contribution in [-0.4, -0.2) is 11.9 Å². The van der Waals surface area contributed by atoms with Gasteiger partial charge in [0.15, 0.2) is 0 Å². The fourth-order valence-electron chi connectivity index (χ4n) is 4.33. The highest BCUT2D eigenvalue weighted by molar-refractivity contribution is 5.94. The quantitative estimate of drug-likeness (QED) is 0.832. The molecule has 22 heavy (non-hydrogen) atoms. The van der Waals surface area contributed by atoms with E-state index in [1.165, 1.54) is 12.8 Å². The number of hydrogen-bond acceptors (Lipinski definition) is 1. The van der Waals surface area contributed by atoms with E-state index in [4.69, 9.17) is 0 Å². The lowest BCUT2D eigenvalue weighted by Gasteiger charge is -2.52. The van der Waals surface area contributed by atoms with Crippen LogP contribution in [0.25, 0.3) is 0 Å². The Bertz CT molecular complexity index is 490. The number of nitrogens with one attached hydrogen (secondary N) is 1. The molecule has 1 saturated carbocycles. The van der Waals surface area contributed by atoms with E-state index in [-0.39, 0.29) is 5.91 Å². The van der Waals surface area contributed by atoms with Crippen molar-refractivity contribution in [2.75, 3.05) is 0 Å². The van der Waals surface area contributed by atoms with Crippen molar-refractivity contribution in [1.29, 1.82) is 0 Å². The zero-order valence-corrected chi connectivity index (χ0v) is 14.8. The standard InChI is InChI=1S/C20H31NO/c1-15(2)20(19(3,4)5)13-11-17(12-14-20)21-18(22)16-9-7-6-8-10-16/h6-10,15,17H,11-14H2,1-5H3,(H,21,22). The molecule has 0 heterocycles. The van der Waals surface area contributed by atoms with Crippen LogP contribution in [0.3, 0.4) is 0 Å². The van der Waals surface area contributed by atoms with E-state index in [0.717, 1.165) is 18.4 Å². The third kappa shape index (κ3) is 3.37. The Labute approximate surface area is 135 Å². The van der Waals surface area contributed by atoms with Crippen molar-refractivity contribution in [2.24, 2.45) is 16.7 Å². The SMILES string of the molecule is CC(C)C1(C(C)(C)C)CCC(NC(=O)c2ccccc2)CC1. The number of amides is 1. The zero-order valence-electron chi connectivity index (χ0n) is 14.8. The van der Waals surface area contributed by atoms with Gasteiger partial charge in [-0.1, -0.05) is 52.8 Å². The van der Waals surface area contributed by atoms with Gasteiger partial charge >= 0.3 is 0 Å². The summed E-state index contributed by atoms with van der Waals surface area (Å²) in [5, 5.41) is 3.22. The van der Waals surface area contributed by atoms with Gasteiger partial charge in [-0.05, 0) is 54.6 Å². The molecule has 2 heteroatoms. The van der Waals surface area contributed by atoms with Crippen molar-refractivity contribution < 1.29 is 4.79 Å². The lowest BCUT2D eigenvalue weighted by Crippen LogP contribution is -2.47. The van der Waals surface area contributed by atoms with Crippen LogP contribution in [0.2, 0.25) is 0 Å². The first-order valence-corrected chi connectivity index (χ1v) is 8.62. The Morgan fingerprint density at radius 1 is 1.14 bits per heavy atom. The van der Waals surface area contributed by atoms with Gasteiger partial charge in [0, 0.05) is 11.6 Å². The molecule has 1 amide bonds. The Morgan fingerprint density at radius 3 is 2.14 bits per heavy atom. The minimum absolute atomic E-state index is 0.0680. The van der Waals surface area contributed by atoms with Crippen LogP contribution in [-0.2, 0) is 0 Å². The molecule has 1 aromatic carbocycles. The summed E-state index contributed by atoms with van der Waals surface area (Å²) < 4.78 is 0. The van der Waals surface area contributed by atoms with Gasteiger partial charge < -0.3 is 5.32 Å². The zero-order chi connectivity index (χ0) is 16.4. The predicted molar refractivity (Wildman–Crippen MR) is 92.9 cm³/mol. The van der Waals surface area contributed by atoms with Crippen LogP contribution >= 0.6 is 0 Å². The molecule has 0 radical (unpaired) electrons. The monoisotopic (exact) mass is 301 g/mol. The molecule has 2 rings (SSSR count). The molecule has 0 aromatic heterocycles. The van der Waals surface area contributed by atoms with Gasteiger partial charge in [0.2, 0.25) is 0 Å². The summed E-state index contributed by atoms with van der Waals surface area (Å²) >= 11 is 0. The van der Waals surface area contributed by atoms with Crippen molar-refractivity contribution in [2.45, 2.75) is 66.3 Å². The van der Waals surface area contributed by atoms with E-state index >= 15 is 0 Å². The fourth-order valence-corrected chi connectivity index (χ4v) is 4.33. The maximum Gasteiger partial charge on any atom is 0.251 e. The first-order valence-electron chi connectivity index (χ1n) is 8.62. The molecule has 0 unspecified atom stereocenters. The second-order valence-electron chi connectivity index (χ2n) is 8.17. The van der Waals surface area contributed by atoms with E-state index in [1.807, 2.05) is 30.3 Å². The molecule has 1 N–H and O–H groups in total. The molecule has 1 aliphatic rings. The highest BCUT2D eigenvalue weighted by atomic mass is 16.1.